The van der Waals surface area contributed by atoms with Gasteiger partial charge in [0.1, 0.15) is 0 Å². The van der Waals surface area contributed by atoms with Crippen LogP contribution in [0.4, 0.5) is 11.4 Å². The van der Waals surface area contributed by atoms with E-state index in [2.05, 4.69) is 6.07 Å². The lowest BCUT2D eigenvalue weighted by Gasteiger charge is -2.28. The quantitative estimate of drug-likeness (QED) is 0.692. The summed E-state index contributed by atoms with van der Waals surface area (Å²) < 4.78 is 0. The zero-order valence-electron chi connectivity index (χ0n) is 8.49. The van der Waals surface area contributed by atoms with E-state index in [0.29, 0.717) is 0 Å². The van der Waals surface area contributed by atoms with Crippen molar-refractivity contribution in [3.8, 4) is 0 Å². The van der Waals surface area contributed by atoms with Crippen LogP contribution in [-0.4, -0.2) is 13.2 Å². The summed E-state index contributed by atoms with van der Waals surface area (Å²) in [6, 6.07) is 6.02. The monoisotopic (exact) mass is 192 g/mol. The fraction of sp³-hybridized carbons (Fsp3) is 0.455. The van der Waals surface area contributed by atoms with Gasteiger partial charge in [-0.1, -0.05) is 0 Å². The number of hydrogen-bond donors (Lipinski definition) is 1. The molecule has 0 spiro atoms. The molecule has 2 rings (SSSR count). The Kier molecular flexibility index (Phi) is 2.59. The van der Waals surface area contributed by atoms with Gasteiger partial charge in [-0.2, -0.15) is 0 Å². The molecule has 0 saturated carbocycles. The van der Waals surface area contributed by atoms with Gasteiger partial charge in [-0.3, -0.25) is 9.90 Å². The molecule has 14 heavy (non-hydrogen) atoms. The molecular weight excluding hydrogens is 176 g/mol. The van der Waals surface area contributed by atoms with E-state index in [1.54, 1.807) is 0 Å². The molecule has 0 aliphatic carbocycles. The molecule has 0 amide bonds. The minimum absolute atomic E-state index is 0.800. The van der Waals surface area contributed by atoms with E-state index in [4.69, 9.17) is 10.6 Å². The van der Waals surface area contributed by atoms with Crippen molar-refractivity contribution in [3.05, 3.63) is 23.8 Å². The van der Waals surface area contributed by atoms with Gasteiger partial charge in [-0.15, -0.1) is 0 Å². The van der Waals surface area contributed by atoms with Crippen molar-refractivity contribution < 1.29 is 4.84 Å². The Bertz CT molecular complexity index is 299. The van der Waals surface area contributed by atoms with Gasteiger partial charge in [0.15, 0.2) is 0 Å². The number of aryl methyl sites for hydroxylation is 1. The predicted molar refractivity (Wildman–Crippen MR) is 58.1 cm³/mol. The molecule has 1 aromatic carbocycles. The van der Waals surface area contributed by atoms with E-state index < -0.39 is 0 Å². The van der Waals surface area contributed by atoms with E-state index in [-0.39, 0.29) is 0 Å². The lowest BCUT2D eigenvalue weighted by Crippen LogP contribution is -2.29. The number of anilines is 2. The first-order valence-electron chi connectivity index (χ1n) is 5.03. The number of nitrogens with zero attached hydrogens (tertiary/aromatic N) is 1. The highest BCUT2D eigenvalue weighted by atomic mass is 16.7. The van der Waals surface area contributed by atoms with Crippen LogP contribution in [0.15, 0.2) is 18.2 Å². The first-order chi connectivity index (χ1) is 6.75. The average Bonchev–Trinajstić information content (AvgIpc) is 2.18. The lowest BCUT2D eigenvalue weighted by atomic mass is 10.2. The second kappa shape index (κ2) is 3.88. The Morgan fingerprint density at radius 2 is 2.14 bits per heavy atom. The van der Waals surface area contributed by atoms with Crippen molar-refractivity contribution in [3.63, 3.8) is 0 Å². The molecule has 3 heteroatoms. The molecule has 0 bridgehead atoms. The normalized spacial score (nSPS) is 17.1. The number of hydroxylamine groups is 1. The summed E-state index contributed by atoms with van der Waals surface area (Å²) in [6.45, 7) is 3.82. The first-order valence-corrected chi connectivity index (χ1v) is 5.03. The predicted octanol–water partition coefficient (Wildman–Crippen LogP) is 2.11. The van der Waals surface area contributed by atoms with Crippen LogP contribution in [0.1, 0.15) is 18.4 Å². The summed E-state index contributed by atoms with van der Waals surface area (Å²) in [6.07, 6.45) is 2.34. The molecule has 1 aliphatic heterocycles. The third-order valence-electron chi connectivity index (χ3n) is 2.38. The molecule has 1 aliphatic rings. The zero-order chi connectivity index (χ0) is 9.97. The minimum Gasteiger partial charge on any atom is -0.399 e. The molecule has 76 valence electrons. The molecule has 0 aromatic heterocycles. The van der Waals surface area contributed by atoms with Crippen LogP contribution >= 0.6 is 0 Å². The summed E-state index contributed by atoms with van der Waals surface area (Å²) in [7, 11) is 0. The smallest absolute Gasteiger partial charge is 0.0749 e. The maximum atomic E-state index is 5.78. The lowest BCUT2D eigenvalue weighted by molar-refractivity contribution is 0.0778. The highest BCUT2D eigenvalue weighted by Gasteiger charge is 2.12. The zero-order valence-corrected chi connectivity index (χ0v) is 8.49. The molecule has 0 atom stereocenters. The minimum atomic E-state index is 0.800. The van der Waals surface area contributed by atoms with Crippen LogP contribution in [0.5, 0.6) is 0 Å². The van der Waals surface area contributed by atoms with Crippen LogP contribution in [0.2, 0.25) is 0 Å². The van der Waals surface area contributed by atoms with E-state index in [0.717, 1.165) is 30.9 Å². The van der Waals surface area contributed by atoms with Crippen LogP contribution in [0.25, 0.3) is 0 Å². The molecule has 0 unspecified atom stereocenters. The fourth-order valence-corrected chi connectivity index (χ4v) is 1.74. The SMILES string of the molecule is Cc1cc(N)cc(N2CCCCO2)c1. The third kappa shape index (κ3) is 1.99. The largest absolute Gasteiger partial charge is 0.399 e. The van der Waals surface area contributed by atoms with Gasteiger partial charge in [-0.05, 0) is 43.5 Å². The number of rotatable bonds is 1. The Morgan fingerprint density at radius 1 is 1.29 bits per heavy atom. The number of nitrogens with two attached hydrogens (primary N) is 1. The standard InChI is InChI=1S/C11H16N2O/c1-9-6-10(12)8-11(7-9)13-4-2-3-5-14-13/h6-8H,2-5,12H2,1H3. The van der Waals surface area contributed by atoms with Gasteiger partial charge in [0.2, 0.25) is 0 Å². The summed E-state index contributed by atoms with van der Waals surface area (Å²) in [4.78, 5) is 5.55. The van der Waals surface area contributed by atoms with Crippen LogP contribution in [0.3, 0.4) is 0 Å². The summed E-state index contributed by atoms with van der Waals surface area (Å²) in [5.41, 5.74) is 8.83. The molecular formula is C11H16N2O. The van der Waals surface area contributed by atoms with Gasteiger partial charge in [0.05, 0.1) is 12.3 Å². The average molecular weight is 192 g/mol. The van der Waals surface area contributed by atoms with E-state index in [1.165, 1.54) is 12.0 Å². The molecule has 1 fully saturated rings. The third-order valence-corrected chi connectivity index (χ3v) is 2.38. The Morgan fingerprint density at radius 3 is 2.79 bits per heavy atom. The maximum absolute atomic E-state index is 5.78. The van der Waals surface area contributed by atoms with Crippen molar-refractivity contribution in [2.24, 2.45) is 0 Å². The van der Waals surface area contributed by atoms with Gasteiger partial charge >= 0.3 is 0 Å². The first kappa shape index (κ1) is 9.34. The summed E-state index contributed by atoms with van der Waals surface area (Å²) in [5.74, 6) is 0. The van der Waals surface area contributed by atoms with Crippen molar-refractivity contribution in [1.29, 1.82) is 0 Å². The van der Waals surface area contributed by atoms with Crippen molar-refractivity contribution >= 4 is 11.4 Å². The molecule has 1 aromatic rings. The van der Waals surface area contributed by atoms with Gasteiger partial charge in [0.25, 0.3) is 0 Å². The van der Waals surface area contributed by atoms with Crippen molar-refractivity contribution in [2.45, 2.75) is 19.8 Å². The van der Waals surface area contributed by atoms with Gasteiger partial charge in [-0.25, -0.2) is 0 Å². The van der Waals surface area contributed by atoms with Crippen LogP contribution in [-0.2, 0) is 4.84 Å². The Hall–Kier alpha value is -1.22. The number of benzene rings is 1. The fourth-order valence-electron chi connectivity index (χ4n) is 1.74. The molecule has 1 heterocycles. The Labute approximate surface area is 84.4 Å². The summed E-state index contributed by atoms with van der Waals surface area (Å²) in [5, 5.41) is 1.94. The second-order valence-corrected chi connectivity index (χ2v) is 3.74. The highest BCUT2D eigenvalue weighted by molar-refractivity contribution is 5.57. The molecule has 3 nitrogen and oxygen atoms in total. The van der Waals surface area contributed by atoms with E-state index in [1.807, 2.05) is 24.1 Å². The summed E-state index contributed by atoms with van der Waals surface area (Å²) >= 11 is 0. The van der Waals surface area contributed by atoms with Gasteiger partial charge in [0, 0.05) is 12.2 Å². The van der Waals surface area contributed by atoms with Crippen LogP contribution in [0, 0.1) is 6.92 Å². The van der Waals surface area contributed by atoms with E-state index >= 15 is 0 Å². The number of hydrogen-bond acceptors (Lipinski definition) is 3. The second-order valence-electron chi connectivity index (χ2n) is 3.74. The Balaban J connectivity index is 2.21. The maximum Gasteiger partial charge on any atom is 0.0749 e. The van der Waals surface area contributed by atoms with Crippen molar-refractivity contribution in [2.75, 3.05) is 23.9 Å². The van der Waals surface area contributed by atoms with Crippen molar-refractivity contribution in [1.82, 2.24) is 0 Å². The topological polar surface area (TPSA) is 38.5 Å². The molecule has 2 N–H and O–H groups in total. The number of nitrogen functional groups attached to an aromatic ring is 1. The molecule has 1 saturated heterocycles. The molecule has 0 radical (unpaired) electrons. The highest BCUT2D eigenvalue weighted by Crippen LogP contribution is 2.22. The van der Waals surface area contributed by atoms with Crippen LogP contribution < -0.4 is 10.8 Å². The van der Waals surface area contributed by atoms with E-state index in [9.17, 15) is 0 Å². The van der Waals surface area contributed by atoms with Gasteiger partial charge < -0.3 is 5.73 Å².